The van der Waals surface area contributed by atoms with E-state index in [2.05, 4.69) is 21.2 Å². The largest absolute Gasteiger partial charge is 0.450 e. The topological polar surface area (TPSA) is 68.5 Å². The number of ether oxygens (including phenoxy) is 1. The molecule has 0 bridgehead atoms. The first-order valence-electron chi connectivity index (χ1n) is 7.07. The molecule has 0 radical (unpaired) electrons. The van der Waals surface area contributed by atoms with Crippen molar-refractivity contribution in [3.8, 4) is 0 Å². The molecule has 1 heterocycles. The van der Waals surface area contributed by atoms with Crippen molar-refractivity contribution in [2.24, 2.45) is 0 Å². The number of esters is 1. The minimum absolute atomic E-state index is 0.0523. The maximum atomic E-state index is 12.1. The number of benzene rings is 1. The maximum Gasteiger partial charge on any atom is 0.375 e. The van der Waals surface area contributed by atoms with Crippen LogP contribution in [0.1, 0.15) is 36.4 Å². The molecule has 6 heteroatoms. The highest BCUT2D eigenvalue weighted by atomic mass is 79.9. The summed E-state index contributed by atoms with van der Waals surface area (Å²) in [5.74, 6) is -0.826. The predicted molar refractivity (Wildman–Crippen MR) is 86.8 cm³/mol. The molecule has 0 fully saturated rings. The second-order valence-electron chi connectivity index (χ2n) is 5.15. The normalized spacial score (nSPS) is 12.2. The summed E-state index contributed by atoms with van der Waals surface area (Å²) in [4.78, 5) is 23.7. The zero-order valence-electron chi connectivity index (χ0n) is 12.7. The quantitative estimate of drug-likeness (QED) is 0.820. The van der Waals surface area contributed by atoms with Gasteiger partial charge in [-0.05, 0) is 38.5 Å². The van der Waals surface area contributed by atoms with Gasteiger partial charge in [0.05, 0.1) is 0 Å². The Labute approximate surface area is 137 Å². The van der Waals surface area contributed by atoms with Crippen LogP contribution in [-0.4, -0.2) is 24.5 Å². The molecule has 1 amide bonds. The van der Waals surface area contributed by atoms with Crippen LogP contribution in [0.3, 0.4) is 0 Å². The van der Waals surface area contributed by atoms with E-state index in [9.17, 15) is 9.59 Å². The number of hydrogen-bond donors (Lipinski definition) is 1. The molecule has 1 N–H and O–H groups in total. The van der Waals surface area contributed by atoms with Gasteiger partial charge in [-0.3, -0.25) is 4.79 Å². The number of halogens is 1. The van der Waals surface area contributed by atoms with E-state index in [1.165, 1.54) is 0 Å². The lowest BCUT2D eigenvalue weighted by Gasteiger charge is -2.11. The van der Waals surface area contributed by atoms with Crippen LogP contribution in [0.5, 0.6) is 0 Å². The molecule has 5 nitrogen and oxygen atoms in total. The van der Waals surface area contributed by atoms with Crippen molar-refractivity contribution in [1.29, 1.82) is 0 Å². The molecule has 0 spiro atoms. The molecule has 0 aliphatic rings. The van der Waals surface area contributed by atoms with Gasteiger partial charge in [-0.1, -0.05) is 22.9 Å². The van der Waals surface area contributed by atoms with Crippen molar-refractivity contribution in [2.75, 3.05) is 6.61 Å². The van der Waals surface area contributed by atoms with Crippen molar-refractivity contribution in [3.63, 3.8) is 0 Å². The third-order valence-corrected chi connectivity index (χ3v) is 3.93. The summed E-state index contributed by atoms with van der Waals surface area (Å²) in [6, 6.07) is 5.54. The van der Waals surface area contributed by atoms with E-state index in [1.807, 2.05) is 26.0 Å². The number of rotatable bonds is 5. The molecule has 0 saturated heterocycles. The molecule has 0 aliphatic heterocycles. The van der Waals surface area contributed by atoms with Gasteiger partial charge in [-0.2, -0.15) is 0 Å². The fourth-order valence-corrected chi connectivity index (χ4v) is 2.36. The van der Waals surface area contributed by atoms with E-state index in [1.54, 1.807) is 13.0 Å². The molecular weight excluding hydrogens is 350 g/mol. The van der Waals surface area contributed by atoms with Crippen LogP contribution in [0.2, 0.25) is 0 Å². The summed E-state index contributed by atoms with van der Waals surface area (Å²) in [7, 11) is 0. The molecule has 0 unspecified atom stereocenters. The number of carbonyl (C=O) groups is 2. The third kappa shape index (κ3) is 3.68. The van der Waals surface area contributed by atoms with Gasteiger partial charge in [0.2, 0.25) is 5.76 Å². The summed E-state index contributed by atoms with van der Waals surface area (Å²) in [5, 5.41) is 3.57. The summed E-state index contributed by atoms with van der Waals surface area (Å²) in [6.07, 6.45) is 0.817. The number of amides is 1. The van der Waals surface area contributed by atoms with E-state index in [4.69, 9.17) is 9.15 Å². The molecule has 1 aromatic heterocycles. The maximum absolute atomic E-state index is 12.1. The second-order valence-corrected chi connectivity index (χ2v) is 6.07. The molecule has 22 heavy (non-hydrogen) atoms. The molecule has 118 valence electrons. The monoisotopic (exact) mass is 367 g/mol. The number of fused-ring (bicyclic) bond motifs is 1. The highest BCUT2D eigenvalue weighted by Crippen LogP contribution is 2.28. The summed E-state index contributed by atoms with van der Waals surface area (Å²) >= 11 is 3.38. The molecule has 1 aromatic carbocycles. The Hall–Kier alpha value is -1.82. The van der Waals surface area contributed by atoms with Gasteiger partial charge in [-0.25, -0.2) is 4.79 Å². The van der Waals surface area contributed by atoms with E-state index >= 15 is 0 Å². The lowest BCUT2D eigenvalue weighted by molar-refractivity contribution is -0.124. The first-order chi connectivity index (χ1) is 10.4. The van der Waals surface area contributed by atoms with Gasteiger partial charge >= 0.3 is 5.97 Å². The standard InChI is InChI=1S/C16H18BrNO4/c1-4-9(2)18-14(19)8-21-16(20)15-10(3)12-7-11(17)5-6-13(12)22-15/h5-7,9H,4,8H2,1-3H3,(H,18,19)/t9-/m0/s1. The van der Waals surface area contributed by atoms with Gasteiger partial charge in [0.25, 0.3) is 5.91 Å². The Kier molecular flexibility index (Phi) is 5.24. The molecule has 2 aromatic rings. The zero-order valence-corrected chi connectivity index (χ0v) is 14.3. The van der Waals surface area contributed by atoms with E-state index < -0.39 is 5.97 Å². The smallest absolute Gasteiger partial charge is 0.375 e. The van der Waals surface area contributed by atoms with Gasteiger partial charge < -0.3 is 14.5 Å². The van der Waals surface area contributed by atoms with Crippen molar-refractivity contribution >= 4 is 38.8 Å². The van der Waals surface area contributed by atoms with Gasteiger partial charge in [0, 0.05) is 21.5 Å². The Balaban J connectivity index is 2.07. The average molecular weight is 368 g/mol. The lowest BCUT2D eigenvalue weighted by Crippen LogP contribution is -2.35. The van der Waals surface area contributed by atoms with Crippen LogP contribution in [-0.2, 0) is 9.53 Å². The molecule has 0 aliphatic carbocycles. The Morgan fingerprint density at radius 3 is 2.82 bits per heavy atom. The minimum atomic E-state index is -0.635. The van der Waals surface area contributed by atoms with Crippen LogP contribution in [0, 0.1) is 6.92 Å². The summed E-state index contributed by atoms with van der Waals surface area (Å²) in [6.45, 7) is 5.32. The number of hydrogen-bond acceptors (Lipinski definition) is 4. The van der Waals surface area contributed by atoms with Gasteiger partial charge in [-0.15, -0.1) is 0 Å². The Bertz CT molecular complexity index is 707. The Morgan fingerprint density at radius 1 is 1.41 bits per heavy atom. The van der Waals surface area contributed by atoms with Crippen LogP contribution in [0.25, 0.3) is 11.0 Å². The molecule has 2 rings (SSSR count). The molecule has 0 saturated carbocycles. The van der Waals surface area contributed by atoms with Crippen molar-refractivity contribution in [3.05, 3.63) is 34.0 Å². The molecule has 1 atom stereocenters. The van der Waals surface area contributed by atoms with Crippen LogP contribution in [0.15, 0.2) is 27.1 Å². The van der Waals surface area contributed by atoms with Crippen LogP contribution < -0.4 is 5.32 Å². The van der Waals surface area contributed by atoms with E-state index in [0.717, 1.165) is 16.3 Å². The van der Waals surface area contributed by atoms with Gasteiger partial charge in [0.1, 0.15) is 5.58 Å². The first kappa shape index (κ1) is 16.5. The fraction of sp³-hybridized carbons (Fsp3) is 0.375. The molecular formula is C16H18BrNO4. The van der Waals surface area contributed by atoms with Crippen LogP contribution in [0.4, 0.5) is 0 Å². The minimum Gasteiger partial charge on any atom is -0.450 e. The van der Waals surface area contributed by atoms with Gasteiger partial charge in [0.15, 0.2) is 6.61 Å². The second kappa shape index (κ2) is 6.96. The number of furan rings is 1. The fourth-order valence-electron chi connectivity index (χ4n) is 2.00. The third-order valence-electron chi connectivity index (χ3n) is 3.44. The predicted octanol–water partition coefficient (Wildman–Crippen LogP) is 3.58. The average Bonchev–Trinajstić information content (AvgIpc) is 2.81. The van der Waals surface area contributed by atoms with Crippen molar-refractivity contribution in [1.82, 2.24) is 5.32 Å². The number of carbonyl (C=O) groups excluding carboxylic acids is 2. The summed E-state index contributed by atoms with van der Waals surface area (Å²) < 4.78 is 11.4. The van der Waals surface area contributed by atoms with E-state index in [-0.39, 0.29) is 24.3 Å². The lowest BCUT2D eigenvalue weighted by atomic mass is 10.1. The van der Waals surface area contributed by atoms with Crippen LogP contribution >= 0.6 is 15.9 Å². The first-order valence-corrected chi connectivity index (χ1v) is 7.86. The Morgan fingerprint density at radius 2 is 2.14 bits per heavy atom. The highest BCUT2D eigenvalue weighted by Gasteiger charge is 2.20. The number of nitrogens with one attached hydrogen (secondary N) is 1. The SMILES string of the molecule is CC[C@H](C)NC(=O)COC(=O)c1oc2ccc(Br)cc2c1C. The van der Waals surface area contributed by atoms with E-state index in [0.29, 0.717) is 11.1 Å². The van der Waals surface area contributed by atoms with Crippen molar-refractivity contribution < 1.29 is 18.7 Å². The number of aryl methyl sites for hydroxylation is 1. The van der Waals surface area contributed by atoms with Crippen molar-refractivity contribution in [2.45, 2.75) is 33.2 Å². The zero-order chi connectivity index (χ0) is 16.3. The highest BCUT2D eigenvalue weighted by molar-refractivity contribution is 9.10. The summed E-state index contributed by atoms with van der Waals surface area (Å²) in [5.41, 5.74) is 1.31.